The molecule has 2 fully saturated rings. The van der Waals surface area contributed by atoms with E-state index in [1.807, 2.05) is 54.7 Å². The van der Waals surface area contributed by atoms with Gasteiger partial charge in [0, 0.05) is 30.8 Å². The minimum atomic E-state index is -2.19. The molecule has 132 valence electrons. The third kappa shape index (κ3) is 3.70. The van der Waals surface area contributed by atoms with Crippen molar-refractivity contribution in [2.24, 2.45) is 4.36 Å². The summed E-state index contributed by atoms with van der Waals surface area (Å²) in [4.78, 5) is 6.74. The third-order valence-electron chi connectivity index (χ3n) is 5.00. The van der Waals surface area contributed by atoms with Gasteiger partial charge < -0.3 is 9.64 Å². The van der Waals surface area contributed by atoms with Crippen LogP contribution in [0.1, 0.15) is 12.8 Å². The van der Waals surface area contributed by atoms with E-state index >= 15 is 0 Å². The van der Waals surface area contributed by atoms with Crippen LogP contribution in [0, 0.1) is 0 Å². The Hall–Kier alpha value is -1.92. The van der Waals surface area contributed by atoms with E-state index in [1.54, 1.807) is 0 Å². The molecule has 0 amide bonds. The first kappa shape index (κ1) is 16.5. The minimum absolute atomic E-state index is 0.219. The quantitative estimate of drug-likeness (QED) is 0.828. The standard InChI is InChI=1S/C19H23N3O2S/c23-25(21-17-6-2-1-3-7-17)14-9-19(10-15-25)16-22(12-13-24-19)18-8-4-5-11-20-18/h1-8,11H,9-10,12-16H2. The van der Waals surface area contributed by atoms with Crippen LogP contribution >= 0.6 is 0 Å². The van der Waals surface area contributed by atoms with Crippen molar-refractivity contribution in [2.45, 2.75) is 18.4 Å². The lowest BCUT2D eigenvalue weighted by Gasteiger charge is -2.45. The number of ether oxygens (including phenoxy) is 1. The first-order valence-corrected chi connectivity index (χ1v) is 10.6. The van der Waals surface area contributed by atoms with Crippen molar-refractivity contribution in [3.63, 3.8) is 0 Å². The van der Waals surface area contributed by atoms with Crippen molar-refractivity contribution in [1.82, 2.24) is 4.98 Å². The Bertz CT molecular complexity index is 818. The highest BCUT2D eigenvalue weighted by Gasteiger charge is 2.41. The Morgan fingerprint density at radius 1 is 1.08 bits per heavy atom. The Kier molecular flexibility index (Phi) is 4.48. The zero-order valence-electron chi connectivity index (χ0n) is 14.2. The molecule has 0 N–H and O–H groups in total. The first-order chi connectivity index (χ1) is 12.2. The molecule has 0 atom stereocenters. The van der Waals surface area contributed by atoms with Crippen molar-refractivity contribution in [3.8, 4) is 0 Å². The van der Waals surface area contributed by atoms with E-state index < -0.39 is 9.73 Å². The maximum Gasteiger partial charge on any atom is 0.128 e. The summed E-state index contributed by atoms with van der Waals surface area (Å²) in [5.74, 6) is 2.18. The Balaban J connectivity index is 1.49. The van der Waals surface area contributed by atoms with E-state index in [9.17, 15) is 4.21 Å². The van der Waals surface area contributed by atoms with Crippen molar-refractivity contribution < 1.29 is 8.95 Å². The summed E-state index contributed by atoms with van der Waals surface area (Å²) < 4.78 is 23.8. The molecular weight excluding hydrogens is 334 g/mol. The second kappa shape index (κ2) is 6.77. The van der Waals surface area contributed by atoms with Gasteiger partial charge in [-0.1, -0.05) is 24.3 Å². The minimum Gasteiger partial charge on any atom is -0.371 e. The lowest BCUT2D eigenvalue weighted by molar-refractivity contribution is -0.0614. The maximum atomic E-state index is 13.1. The molecule has 6 heteroatoms. The molecule has 2 aromatic rings. The number of nitrogens with zero attached hydrogens (tertiary/aromatic N) is 3. The number of pyridine rings is 1. The smallest absolute Gasteiger partial charge is 0.128 e. The molecule has 0 bridgehead atoms. The predicted molar refractivity (Wildman–Crippen MR) is 101 cm³/mol. The largest absolute Gasteiger partial charge is 0.371 e. The van der Waals surface area contributed by atoms with Gasteiger partial charge in [-0.15, -0.1) is 0 Å². The number of hydrogen-bond acceptors (Lipinski definition) is 5. The van der Waals surface area contributed by atoms with Crippen molar-refractivity contribution >= 4 is 21.2 Å². The van der Waals surface area contributed by atoms with E-state index in [0.717, 1.165) is 37.4 Å². The Morgan fingerprint density at radius 2 is 1.84 bits per heavy atom. The van der Waals surface area contributed by atoms with Crippen LogP contribution in [-0.4, -0.2) is 46.0 Å². The van der Waals surface area contributed by atoms with Crippen LogP contribution in [0.2, 0.25) is 0 Å². The summed E-state index contributed by atoms with van der Waals surface area (Å²) in [6, 6.07) is 15.6. The molecule has 25 heavy (non-hydrogen) atoms. The molecular formula is C19H23N3O2S. The molecule has 4 rings (SSSR count). The molecule has 2 saturated heterocycles. The molecule has 2 aliphatic rings. The summed E-state index contributed by atoms with van der Waals surface area (Å²) in [5, 5.41) is 0. The second-order valence-corrected chi connectivity index (χ2v) is 9.29. The van der Waals surface area contributed by atoms with Gasteiger partial charge in [0.15, 0.2) is 0 Å². The number of anilines is 1. The molecule has 0 radical (unpaired) electrons. The zero-order chi connectivity index (χ0) is 17.2. The maximum absolute atomic E-state index is 13.1. The number of rotatable bonds is 2. The summed E-state index contributed by atoms with van der Waals surface area (Å²) in [6.45, 7) is 2.35. The molecule has 1 spiro atoms. The summed E-state index contributed by atoms with van der Waals surface area (Å²) in [6.07, 6.45) is 3.39. The molecule has 0 saturated carbocycles. The van der Waals surface area contributed by atoms with Gasteiger partial charge in [-0.3, -0.25) is 0 Å². The molecule has 2 aliphatic heterocycles. The van der Waals surface area contributed by atoms with Gasteiger partial charge in [-0.2, -0.15) is 4.36 Å². The Morgan fingerprint density at radius 3 is 2.56 bits per heavy atom. The fraction of sp³-hybridized carbons (Fsp3) is 0.421. The molecule has 0 aliphatic carbocycles. The first-order valence-electron chi connectivity index (χ1n) is 8.74. The van der Waals surface area contributed by atoms with Gasteiger partial charge in [0.2, 0.25) is 0 Å². The van der Waals surface area contributed by atoms with Gasteiger partial charge in [0.1, 0.15) is 5.82 Å². The van der Waals surface area contributed by atoms with E-state index in [4.69, 9.17) is 4.74 Å². The van der Waals surface area contributed by atoms with Crippen molar-refractivity contribution in [1.29, 1.82) is 0 Å². The summed E-state index contributed by atoms with van der Waals surface area (Å²) >= 11 is 0. The summed E-state index contributed by atoms with van der Waals surface area (Å²) in [5.41, 5.74) is 0.589. The van der Waals surface area contributed by atoms with Crippen LogP contribution in [-0.2, 0) is 14.5 Å². The lowest BCUT2D eigenvalue weighted by Crippen LogP contribution is -2.55. The number of morpholine rings is 1. The van der Waals surface area contributed by atoms with Crippen LogP contribution in [0.5, 0.6) is 0 Å². The highest BCUT2D eigenvalue weighted by atomic mass is 32.2. The second-order valence-electron chi connectivity index (χ2n) is 6.75. The van der Waals surface area contributed by atoms with Crippen LogP contribution in [0.4, 0.5) is 11.5 Å². The molecule has 0 unspecified atom stereocenters. The van der Waals surface area contributed by atoms with Crippen molar-refractivity contribution in [2.75, 3.05) is 36.1 Å². The topological polar surface area (TPSA) is 54.8 Å². The van der Waals surface area contributed by atoms with Gasteiger partial charge in [0.05, 0.1) is 27.6 Å². The lowest BCUT2D eigenvalue weighted by atomic mass is 9.94. The van der Waals surface area contributed by atoms with Gasteiger partial charge in [-0.25, -0.2) is 9.19 Å². The van der Waals surface area contributed by atoms with E-state index in [0.29, 0.717) is 18.1 Å². The van der Waals surface area contributed by atoms with E-state index in [-0.39, 0.29) is 5.60 Å². The third-order valence-corrected chi connectivity index (χ3v) is 7.23. The van der Waals surface area contributed by atoms with E-state index in [2.05, 4.69) is 14.2 Å². The zero-order valence-corrected chi connectivity index (χ0v) is 15.0. The molecule has 5 nitrogen and oxygen atoms in total. The predicted octanol–water partition coefficient (Wildman–Crippen LogP) is 3.25. The van der Waals surface area contributed by atoms with Crippen molar-refractivity contribution in [3.05, 3.63) is 54.7 Å². The molecule has 1 aromatic heterocycles. The number of benzene rings is 1. The molecule has 1 aromatic carbocycles. The van der Waals surface area contributed by atoms with Gasteiger partial charge in [0.25, 0.3) is 0 Å². The fourth-order valence-electron chi connectivity index (χ4n) is 3.57. The highest BCUT2D eigenvalue weighted by Crippen LogP contribution is 2.34. The fourth-order valence-corrected chi connectivity index (χ4v) is 5.85. The van der Waals surface area contributed by atoms with Crippen LogP contribution < -0.4 is 4.90 Å². The monoisotopic (exact) mass is 357 g/mol. The van der Waals surface area contributed by atoms with Gasteiger partial charge >= 0.3 is 0 Å². The normalized spacial score (nSPS) is 29.5. The SMILES string of the molecule is O=S1(=Nc2ccccc2)CCC2(CC1)CN(c1ccccn1)CCO2. The average molecular weight is 357 g/mol. The van der Waals surface area contributed by atoms with E-state index in [1.165, 1.54) is 0 Å². The number of aromatic nitrogens is 1. The van der Waals surface area contributed by atoms with Gasteiger partial charge in [-0.05, 0) is 37.1 Å². The Labute approximate surface area is 149 Å². The average Bonchev–Trinajstić information content (AvgIpc) is 2.67. The highest BCUT2D eigenvalue weighted by molar-refractivity contribution is 7.93. The van der Waals surface area contributed by atoms with Crippen LogP contribution in [0.3, 0.4) is 0 Å². The molecule has 3 heterocycles. The summed E-state index contributed by atoms with van der Waals surface area (Å²) in [7, 11) is -2.19. The van der Waals surface area contributed by atoms with Crippen LogP contribution in [0.25, 0.3) is 0 Å². The van der Waals surface area contributed by atoms with Crippen LogP contribution in [0.15, 0.2) is 59.1 Å². The number of hydrogen-bond donors (Lipinski definition) is 0.